The minimum absolute atomic E-state index is 0.285. The van der Waals surface area contributed by atoms with Crippen LogP contribution in [0.4, 0.5) is 5.69 Å². The molecular weight excluding hydrogens is 258 g/mol. The van der Waals surface area contributed by atoms with Gasteiger partial charge in [-0.15, -0.1) is 0 Å². The van der Waals surface area contributed by atoms with Crippen molar-refractivity contribution in [1.82, 2.24) is 9.78 Å². The van der Waals surface area contributed by atoms with Gasteiger partial charge in [0.05, 0.1) is 11.4 Å². The summed E-state index contributed by atoms with van der Waals surface area (Å²) in [5.41, 5.74) is 4.99. The summed E-state index contributed by atoms with van der Waals surface area (Å²) < 4.78 is 1.87. The largest absolute Gasteiger partial charge is 0.376 e. The van der Waals surface area contributed by atoms with E-state index in [1.54, 1.807) is 0 Å². The molecule has 1 heterocycles. The molecule has 1 aromatic carbocycles. The first-order valence-electron chi connectivity index (χ1n) is 7.87. The van der Waals surface area contributed by atoms with Crippen LogP contribution in [0.3, 0.4) is 0 Å². The molecule has 114 valence electrons. The predicted molar refractivity (Wildman–Crippen MR) is 89.6 cm³/mol. The summed E-state index contributed by atoms with van der Waals surface area (Å²) in [5, 5.41) is 8.05. The molecule has 3 heteroatoms. The van der Waals surface area contributed by atoms with Crippen molar-refractivity contribution in [2.45, 2.75) is 46.6 Å². The third kappa shape index (κ3) is 4.10. The fraction of sp³-hybridized carbons (Fsp3) is 0.500. The van der Waals surface area contributed by atoms with Crippen molar-refractivity contribution in [3.8, 4) is 0 Å². The van der Waals surface area contributed by atoms with Gasteiger partial charge in [-0.05, 0) is 36.8 Å². The minimum Gasteiger partial charge on any atom is -0.376 e. The van der Waals surface area contributed by atoms with Crippen molar-refractivity contribution < 1.29 is 0 Å². The highest BCUT2D eigenvalue weighted by Crippen LogP contribution is 2.22. The van der Waals surface area contributed by atoms with E-state index >= 15 is 0 Å². The first-order valence-corrected chi connectivity index (χ1v) is 7.87. The molecule has 0 amide bonds. The lowest BCUT2D eigenvalue weighted by atomic mass is 10.00. The molecule has 0 saturated carbocycles. The summed E-state index contributed by atoms with van der Waals surface area (Å²) in [6.45, 7) is 8.85. The van der Waals surface area contributed by atoms with Crippen molar-refractivity contribution in [3.63, 3.8) is 0 Å². The molecule has 1 atom stereocenters. The molecule has 21 heavy (non-hydrogen) atoms. The Kier molecular flexibility index (Phi) is 5.05. The van der Waals surface area contributed by atoms with Gasteiger partial charge >= 0.3 is 0 Å². The highest BCUT2D eigenvalue weighted by Gasteiger charge is 2.10. The molecule has 0 radical (unpaired) electrons. The van der Waals surface area contributed by atoms with Gasteiger partial charge in [-0.25, -0.2) is 0 Å². The maximum absolute atomic E-state index is 4.48. The lowest BCUT2D eigenvalue weighted by Gasteiger charge is -2.16. The van der Waals surface area contributed by atoms with Gasteiger partial charge in [0.2, 0.25) is 0 Å². The maximum atomic E-state index is 4.48. The van der Waals surface area contributed by atoms with E-state index in [1.165, 1.54) is 11.1 Å². The standard InChI is InChI=1S/C18H27N3/c1-6-17-18(12-21(5)20-17)19-14(4)16-9-7-15(8-10-16)11-13(2)3/h7-10,12-14,19H,6,11H2,1-5H3. The molecule has 2 aromatic rings. The smallest absolute Gasteiger partial charge is 0.0853 e. The maximum Gasteiger partial charge on any atom is 0.0853 e. The number of aryl methyl sites for hydroxylation is 2. The van der Waals surface area contributed by atoms with Gasteiger partial charge in [0.25, 0.3) is 0 Å². The molecule has 0 spiro atoms. The molecule has 0 aliphatic heterocycles. The van der Waals surface area contributed by atoms with E-state index in [4.69, 9.17) is 0 Å². The number of rotatable bonds is 6. The van der Waals surface area contributed by atoms with Gasteiger partial charge in [-0.2, -0.15) is 5.10 Å². The predicted octanol–water partition coefficient (Wildman–Crippen LogP) is 4.35. The highest BCUT2D eigenvalue weighted by molar-refractivity contribution is 5.48. The van der Waals surface area contributed by atoms with E-state index in [9.17, 15) is 0 Å². The second-order valence-corrected chi connectivity index (χ2v) is 6.22. The average molecular weight is 285 g/mol. The Hall–Kier alpha value is -1.77. The van der Waals surface area contributed by atoms with E-state index < -0.39 is 0 Å². The van der Waals surface area contributed by atoms with Crippen LogP contribution < -0.4 is 5.32 Å². The lowest BCUT2D eigenvalue weighted by Crippen LogP contribution is -2.07. The Balaban J connectivity index is 2.07. The topological polar surface area (TPSA) is 29.9 Å². The van der Waals surface area contributed by atoms with Gasteiger partial charge in [0, 0.05) is 19.3 Å². The molecule has 0 aliphatic rings. The third-order valence-electron chi connectivity index (χ3n) is 3.74. The van der Waals surface area contributed by atoms with Crippen LogP contribution in [0.2, 0.25) is 0 Å². The first-order chi connectivity index (χ1) is 9.99. The highest BCUT2D eigenvalue weighted by atomic mass is 15.3. The summed E-state index contributed by atoms with van der Waals surface area (Å²) in [5.74, 6) is 0.703. The van der Waals surface area contributed by atoms with Crippen LogP contribution in [-0.2, 0) is 19.9 Å². The Morgan fingerprint density at radius 2 is 1.81 bits per heavy atom. The number of anilines is 1. The van der Waals surface area contributed by atoms with Crippen LogP contribution in [0.15, 0.2) is 30.5 Å². The van der Waals surface area contributed by atoms with Crippen LogP contribution >= 0.6 is 0 Å². The molecule has 0 saturated heterocycles. The molecule has 2 rings (SSSR count). The third-order valence-corrected chi connectivity index (χ3v) is 3.74. The number of nitrogens with one attached hydrogen (secondary N) is 1. The summed E-state index contributed by atoms with van der Waals surface area (Å²) in [6.07, 6.45) is 4.15. The quantitative estimate of drug-likeness (QED) is 0.855. The van der Waals surface area contributed by atoms with Crippen molar-refractivity contribution in [3.05, 3.63) is 47.3 Å². The number of hydrogen-bond donors (Lipinski definition) is 1. The molecule has 3 nitrogen and oxygen atoms in total. The fourth-order valence-electron chi connectivity index (χ4n) is 2.65. The van der Waals surface area contributed by atoms with Crippen LogP contribution in [0.1, 0.15) is 50.6 Å². The summed E-state index contributed by atoms with van der Waals surface area (Å²) in [7, 11) is 1.97. The summed E-state index contributed by atoms with van der Waals surface area (Å²) in [4.78, 5) is 0. The van der Waals surface area contributed by atoms with Crippen molar-refractivity contribution in [2.75, 3.05) is 5.32 Å². The molecular formula is C18H27N3. The Labute approximate surface area is 128 Å². The van der Waals surface area contributed by atoms with Crippen LogP contribution in [-0.4, -0.2) is 9.78 Å². The number of nitrogens with zero attached hydrogens (tertiary/aromatic N) is 2. The minimum atomic E-state index is 0.285. The monoisotopic (exact) mass is 285 g/mol. The Morgan fingerprint density at radius 1 is 1.14 bits per heavy atom. The van der Waals surface area contributed by atoms with Gasteiger partial charge in [0.15, 0.2) is 0 Å². The van der Waals surface area contributed by atoms with Crippen molar-refractivity contribution >= 4 is 5.69 Å². The van der Waals surface area contributed by atoms with E-state index in [1.807, 2.05) is 11.7 Å². The zero-order chi connectivity index (χ0) is 15.4. The summed E-state index contributed by atoms with van der Waals surface area (Å²) in [6, 6.07) is 9.25. The van der Waals surface area contributed by atoms with E-state index in [2.05, 4.69) is 68.6 Å². The van der Waals surface area contributed by atoms with E-state index in [0.717, 1.165) is 24.2 Å². The van der Waals surface area contributed by atoms with Gasteiger partial charge < -0.3 is 5.32 Å². The van der Waals surface area contributed by atoms with Crippen LogP contribution in [0.25, 0.3) is 0 Å². The zero-order valence-electron chi connectivity index (χ0n) is 13.9. The van der Waals surface area contributed by atoms with Gasteiger partial charge in [-0.3, -0.25) is 4.68 Å². The van der Waals surface area contributed by atoms with Crippen molar-refractivity contribution in [1.29, 1.82) is 0 Å². The molecule has 0 fully saturated rings. The van der Waals surface area contributed by atoms with Crippen molar-refractivity contribution in [2.24, 2.45) is 13.0 Å². The second-order valence-electron chi connectivity index (χ2n) is 6.22. The fourth-order valence-corrected chi connectivity index (χ4v) is 2.65. The normalized spacial score (nSPS) is 12.7. The second kappa shape index (κ2) is 6.79. The van der Waals surface area contributed by atoms with Crippen LogP contribution in [0.5, 0.6) is 0 Å². The summed E-state index contributed by atoms with van der Waals surface area (Å²) >= 11 is 0. The lowest BCUT2D eigenvalue weighted by molar-refractivity contribution is 0.647. The van der Waals surface area contributed by atoms with Crippen LogP contribution in [0, 0.1) is 5.92 Å². The molecule has 1 N–H and O–H groups in total. The number of hydrogen-bond acceptors (Lipinski definition) is 2. The number of benzene rings is 1. The molecule has 0 aliphatic carbocycles. The first kappa shape index (κ1) is 15.6. The SMILES string of the molecule is CCc1nn(C)cc1NC(C)c1ccc(CC(C)C)cc1. The van der Waals surface area contributed by atoms with E-state index in [0.29, 0.717) is 5.92 Å². The number of aromatic nitrogens is 2. The molecule has 0 bridgehead atoms. The Morgan fingerprint density at radius 3 is 2.38 bits per heavy atom. The average Bonchev–Trinajstić information content (AvgIpc) is 2.78. The molecule has 1 aromatic heterocycles. The zero-order valence-corrected chi connectivity index (χ0v) is 13.9. The van der Waals surface area contributed by atoms with Gasteiger partial charge in [-0.1, -0.05) is 45.0 Å². The van der Waals surface area contributed by atoms with Gasteiger partial charge in [0.1, 0.15) is 0 Å². The molecule has 1 unspecified atom stereocenters. The van der Waals surface area contributed by atoms with E-state index in [-0.39, 0.29) is 6.04 Å². The Bertz CT molecular complexity index is 567.